The third-order valence-electron chi connectivity index (χ3n) is 3.67. The van der Waals surface area contributed by atoms with Gasteiger partial charge >= 0.3 is 0 Å². The van der Waals surface area contributed by atoms with Crippen LogP contribution in [0.4, 0.5) is 5.13 Å². The van der Waals surface area contributed by atoms with E-state index in [-0.39, 0.29) is 5.91 Å². The lowest BCUT2D eigenvalue weighted by Gasteiger charge is -2.05. The molecule has 0 atom stereocenters. The van der Waals surface area contributed by atoms with Gasteiger partial charge in [0.05, 0.1) is 19.7 Å². The summed E-state index contributed by atoms with van der Waals surface area (Å²) in [5, 5.41) is 13.1. The molecule has 1 amide bonds. The molecule has 0 unspecified atom stereocenters. The first-order chi connectivity index (χ1) is 12.0. The van der Waals surface area contributed by atoms with Gasteiger partial charge in [-0.2, -0.15) is 0 Å². The van der Waals surface area contributed by atoms with E-state index in [0.29, 0.717) is 33.8 Å². The van der Waals surface area contributed by atoms with Crippen molar-refractivity contribution in [2.45, 2.75) is 20.3 Å². The molecule has 3 rings (SSSR count). The lowest BCUT2D eigenvalue weighted by atomic mass is 10.1. The predicted octanol–water partition coefficient (Wildman–Crippen LogP) is 3.49. The summed E-state index contributed by atoms with van der Waals surface area (Å²) in [7, 11) is 3.17. The molecule has 2 N–H and O–H groups in total. The van der Waals surface area contributed by atoms with Gasteiger partial charge in [0.1, 0.15) is 22.2 Å². The zero-order valence-corrected chi connectivity index (χ0v) is 15.4. The Morgan fingerprint density at radius 3 is 2.64 bits per heavy atom. The minimum Gasteiger partial charge on any atom is -0.496 e. The normalized spacial score (nSPS) is 11.1. The van der Waals surface area contributed by atoms with Gasteiger partial charge in [-0.25, -0.2) is 0 Å². The first kappa shape index (κ1) is 17.2. The quantitative estimate of drug-likeness (QED) is 0.702. The second-order valence-electron chi connectivity index (χ2n) is 5.99. The fourth-order valence-corrected chi connectivity index (χ4v) is 3.49. The molecule has 25 heavy (non-hydrogen) atoms. The van der Waals surface area contributed by atoms with E-state index in [0.717, 1.165) is 16.8 Å². The lowest BCUT2D eigenvalue weighted by molar-refractivity contribution is 0.102. The third kappa shape index (κ3) is 3.58. The molecule has 0 saturated heterocycles. The molecule has 3 aromatic rings. The first-order valence-electron chi connectivity index (χ1n) is 7.89. The number of nitrogens with zero attached hydrogens (tertiary/aromatic N) is 2. The number of carbonyl (C=O) groups is 1. The van der Waals surface area contributed by atoms with Crippen molar-refractivity contribution >= 4 is 33.3 Å². The molecule has 0 bridgehead atoms. The highest BCUT2D eigenvalue weighted by molar-refractivity contribution is 7.15. The zero-order valence-electron chi connectivity index (χ0n) is 14.5. The average molecular weight is 360 g/mol. The Hall–Kier alpha value is -2.61. The molecule has 2 heterocycles. The summed E-state index contributed by atoms with van der Waals surface area (Å²) in [5.74, 6) is 1.52. The van der Waals surface area contributed by atoms with Crippen LogP contribution in [0.1, 0.15) is 29.3 Å². The van der Waals surface area contributed by atoms with Crippen LogP contribution in [-0.2, 0) is 6.42 Å². The highest BCUT2D eigenvalue weighted by Gasteiger charge is 2.17. The van der Waals surface area contributed by atoms with Crippen LogP contribution in [0.2, 0.25) is 0 Å². The molecule has 7 nitrogen and oxygen atoms in total. The largest absolute Gasteiger partial charge is 0.496 e. The van der Waals surface area contributed by atoms with Crippen molar-refractivity contribution in [1.82, 2.24) is 15.2 Å². The molecule has 0 spiro atoms. The fraction of sp³-hybridized carbons (Fsp3) is 0.353. The third-order valence-corrected chi connectivity index (χ3v) is 4.53. The SMILES string of the molecule is COc1ccc(OC)c2[nH]c(C(=O)Nc3nnc(CC(C)C)s3)cc12. The minimum absolute atomic E-state index is 0.285. The van der Waals surface area contributed by atoms with E-state index in [1.165, 1.54) is 11.3 Å². The van der Waals surface area contributed by atoms with Crippen LogP contribution in [0.3, 0.4) is 0 Å². The highest BCUT2D eigenvalue weighted by Crippen LogP contribution is 2.33. The summed E-state index contributed by atoms with van der Waals surface area (Å²) >= 11 is 1.39. The Labute approximate surface area is 149 Å². The summed E-state index contributed by atoms with van der Waals surface area (Å²) in [5.41, 5.74) is 1.11. The van der Waals surface area contributed by atoms with Crippen LogP contribution >= 0.6 is 11.3 Å². The number of ether oxygens (including phenoxy) is 2. The Balaban J connectivity index is 1.86. The summed E-state index contributed by atoms with van der Waals surface area (Å²) in [4.78, 5) is 15.6. The van der Waals surface area contributed by atoms with Gasteiger partial charge in [-0.15, -0.1) is 10.2 Å². The maximum Gasteiger partial charge on any atom is 0.273 e. The standard InChI is InChI=1S/C17H20N4O3S/c1-9(2)7-14-20-21-17(25-14)19-16(22)11-8-10-12(23-3)5-6-13(24-4)15(10)18-11/h5-6,8-9,18H,7H2,1-4H3,(H,19,21,22). The summed E-state index contributed by atoms with van der Waals surface area (Å²) in [6, 6.07) is 5.34. The van der Waals surface area contributed by atoms with Gasteiger partial charge in [-0.1, -0.05) is 25.2 Å². The average Bonchev–Trinajstić information content (AvgIpc) is 3.20. The van der Waals surface area contributed by atoms with Gasteiger partial charge in [0.15, 0.2) is 0 Å². The topological polar surface area (TPSA) is 89.1 Å². The molecular weight excluding hydrogens is 340 g/mol. The number of hydrogen-bond acceptors (Lipinski definition) is 6. The highest BCUT2D eigenvalue weighted by atomic mass is 32.1. The predicted molar refractivity (Wildman–Crippen MR) is 97.8 cm³/mol. The molecular formula is C17H20N4O3S. The first-order valence-corrected chi connectivity index (χ1v) is 8.71. The summed E-state index contributed by atoms with van der Waals surface area (Å²) in [6.07, 6.45) is 0.842. The van der Waals surface area contributed by atoms with Gasteiger partial charge < -0.3 is 14.5 Å². The van der Waals surface area contributed by atoms with Crippen molar-refractivity contribution in [3.63, 3.8) is 0 Å². The van der Waals surface area contributed by atoms with Crippen LogP contribution in [0.15, 0.2) is 18.2 Å². The van der Waals surface area contributed by atoms with Crippen LogP contribution in [-0.4, -0.2) is 35.3 Å². The fourth-order valence-electron chi connectivity index (χ4n) is 2.54. The number of aromatic amines is 1. The van der Waals surface area contributed by atoms with E-state index < -0.39 is 0 Å². The number of anilines is 1. The summed E-state index contributed by atoms with van der Waals surface area (Å²) < 4.78 is 10.7. The van der Waals surface area contributed by atoms with Crippen molar-refractivity contribution in [3.05, 3.63) is 28.9 Å². The number of benzene rings is 1. The van der Waals surface area contributed by atoms with E-state index in [1.807, 2.05) is 0 Å². The van der Waals surface area contributed by atoms with Gasteiger partial charge in [0, 0.05) is 11.8 Å². The van der Waals surface area contributed by atoms with Crippen molar-refractivity contribution in [1.29, 1.82) is 0 Å². The monoisotopic (exact) mass is 360 g/mol. The number of fused-ring (bicyclic) bond motifs is 1. The molecule has 0 aliphatic carbocycles. The van der Waals surface area contributed by atoms with Crippen LogP contribution in [0.5, 0.6) is 11.5 Å². The molecule has 132 valence electrons. The maximum atomic E-state index is 12.5. The van der Waals surface area contributed by atoms with Gasteiger partial charge in [0.25, 0.3) is 5.91 Å². The number of H-pyrrole nitrogens is 1. The molecule has 1 aromatic carbocycles. The van der Waals surface area contributed by atoms with Crippen molar-refractivity contribution in [2.75, 3.05) is 19.5 Å². The Morgan fingerprint density at radius 2 is 1.96 bits per heavy atom. The van der Waals surface area contributed by atoms with Crippen molar-refractivity contribution < 1.29 is 14.3 Å². The van der Waals surface area contributed by atoms with E-state index >= 15 is 0 Å². The van der Waals surface area contributed by atoms with Crippen molar-refractivity contribution in [2.24, 2.45) is 5.92 Å². The molecule has 2 aromatic heterocycles. The molecule has 0 aliphatic heterocycles. The van der Waals surface area contributed by atoms with E-state index in [2.05, 4.69) is 34.3 Å². The maximum absolute atomic E-state index is 12.5. The Kier molecular flexibility index (Phi) is 4.89. The number of nitrogens with one attached hydrogen (secondary N) is 2. The van der Waals surface area contributed by atoms with Crippen LogP contribution in [0, 0.1) is 5.92 Å². The second kappa shape index (κ2) is 7.10. The number of hydrogen-bond donors (Lipinski definition) is 2. The number of aromatic nitrogens is 3. The molecule has 0 saturated carbocycles. The molecule has 0 fully saturated rings. The van der Waals surface area contributed by atoms with Crippen molar-refractivity contribution in [3.8, 4) is 11.5 Å². The summed E-state index contributed by atoms with van der Waals surface area (Å²) in [6.45, 7) is 4.23. The van der Waals surface area contributed by atoms with Gasteiger partial charge in [-0.05, 0) is 24.1 Å². The molecule has 8 heteroatoms. The smallest absolute Gasteiger partial charge is 0.273 e. The Bertz CT molecular complexity index is 860. The lowest BCUT2D eigenvalue weighted by Crippen LogP contribution is -2.11. The minimum atomic E-state index is -0.285. The Morgan fingerprint density at radius 1 is 1.24 bits per heavy atom. The van der Waals surface area contributed by atoms with E-state index in [1.54, 1.807) is 32.4 Å². The van der Waals surface area contributed by atoms with Gasteiger partial charge in [-0.3, -0.25) is 10.1 Å². The number of methoxy groups -OCH3 is 2. The zero-order chi connectivity index (χ0) is 18.0. The number of carbonyl (C=O) groups excluding carboxylic acids is 1. The van der Waals surface area contributed by atoms with E-state index in [4.69, 9.17) is 9.47 Å². The van der Waals surface area contributed by atoms with E-state index in [9.17, 15) is 4.79 Å². The number of amides is 1. The van der Waals surface area contributed by atoms with Crippen LogP contribution in [0.25, 0.3) is 10.9 Å². The van der Waals surface area contributed by atoms with Gasteiger partial charge in [0.2, 0.25) is 5.13 Å². The van der Waals surface area contributed by atoms with Crippen LogP contribution < -0.4 is 14.8 Å². The molecule has 0 aliphatic rings. The number of rotatable bonds is 6. The molecule has 0 radical (unpaired) electrons. The second-order valence-corrected chi connectivity index (χ2v) is 7.06.